The van der Waals surface area contributed by atoms with Gasteiger partial charge in [0.05, 0.1) is 6.21 Å². The van der Waals surface area contributed by atoms with E-state index in [9.17, 15) is 4.79 Å². The second kappa shape index (κ2) is 11.7. The number of amides is 1. The molecule has 0 saturated carbocycles. The van der Waals surface area contributed by atoms with Gasteiger partial charge in [0.15, 0.2) is 0 Å². The van der Waals surface area contributed by atoms with Crippen LogP contribution >= 0.6 is 31.9 Å². The third-order valence-corrected chi connectivity index (χ3v) is 5.52. The zero-order valence-electron chi connectivity index (χ0n) is 17.0. The lowest BCUT2D eigenvalue weighted by Gasteiger charge is -2.16. The molecule has 1 atom stereocenters. The fraction of sp³-hybridized carbons (Fsp3) is 0.167. The number of nitrogens with zero attached hydrogens (tertiary/aromatic N) is 1. The molecular weight excluding hydrogens is 522 g/mol. The van der Waals surface area contributed by atoms with Crippen molar-refractivity contribution in [3.8, 4) is 5.75 Å². The highest BCUT2D eigenvalue weighted by molar-refractivity contribution is 9.10. The average molecular weight is 545 g/mol. The summed E-state index contributed by atoms with van der Waals surface area (Å²) in [6.07, 6.45) is 2.22. The number of ether oxygens (including phenoxy) is 1. The smallest absolute Gasteiger partial charge is 0.262 e. The predicted octanol–water partition coefficient (Wildman–Crippen LogP) is 6.13. The molecule has 2 N–H and O–H groups in total. The molecule has 0 bridgehead atoms. The molecule has 3 aromatic rings. The van der Waals surface area contributed by atoms with Crippen LogP contribution in [0.1, 0.15) is 24.5 Å². The highest BCUT2D eigenvalue weighted by Crippen LogP contribution is 2.19. The van der Waals surface area contributed by atoms with E-state index in [1.165, 1.54) is 0 Å². The van der Waals surface area contributed by atoms with Gasteiger partial charge in [-0.3, -0.25) is 4.79 Å². The van der Waals surface area contributed by atoms with Crippen LogP contribution in [0, 0.1) is 0 Å². The van der Waals surface area contributed by atoms with Crippen molar-refractivity contribution in [2.75, 3.05) is 5.32 Å². The Hall–Kier alpha value is -2.64. The molecule has 0 fully saturated rings. The van der Waals surface area contributed by atoms with Crippen LogP contribution in [-0.2, 0) is 11.4 Å². The zero-order chi connectivity index (χ0) is 22.1. The first kappa shape index (κ1) is 23.0. The van der Waals surface area contributed by atoms with E-state index in [1.807, 2.05) is 79.7 Å². The number of halogens is 2. The summed E-state index contributed by atoms with van der Waals surface area (Å²) >= 11 is 6.87. The van der Waals surface area contributed by atoms with Crippen LogP contribution in [0.3, 0.4) is 0 Å². The molecule has 7 heteroatoms. The van der Waals surface area contributed by atoms with Crippen molar-refractivity contribution in [3.05, 3.63) is 92.9 Å². The molecule has 0 aliphatic rings. The van der Waals surface area contributed by atoms with E-state index in [1.54, 1.807) is 6.21 Å². The molecule has 31 heavy (non-hydrogen) atoms. The Balaban J connectivity index is 1.59. The van der Waals surface area contributed by atoms with E-state index < -0.39 is 6.04 Å². The number of hydrogen-bond acceptors (Lipinski definition) is 4. The number of para-hydroxylation sites is 1. The Morgan fingerprint density at radius 1 is 1.03 bits per heavy atom. The largest absolute Gasteiger partial charge is 0.488 e. The fourth-order valence-corrected chi connectivity index (χ4v) is 3.50. The van der Waals surface area contributed by atoms with Gasteiger partial charge in [-0.15, -0.1) is 0 Å². The molecule has 0 saturated heterocycles. The van der Waals surface area contributed by atoms with E-state index in [0.717, 1.165) is 25.8 Å². The van der Waals surface area contributed by atoms with Gasteiger partial charge in [-0.1, -0.05) is 69.1 Å². The highest BCUT2D eigenvalue weighted by atomic mass is 79.9. The lowest BCUT2D eigenvalue weighted by molar-refractivity contribution is -0.121. The monoisotopic (exact) mass is 543 g/mol. The lowest BCUT2D eigenvalue weighted by atomic mass is 10.2. The molecule has 0 unspecified atom stereocenters. The number of anilines is 1. The zero-order valence-corrected chi connectivity index (χ0v) is 20.2. The predicted molar refractivity (Wildman–Crippen MR) is 132 cm³/mol. The summed E-state index contributed by atoms with van der Waals surface area (Å²) in [5.41, 5.74) is 5.34. The van der Waals surface area contributed by atoms with Crippen molar-refractivity contribution in [2.45, 2.75) is 26.0 Å². The second-order valence-electron chi connectivity index (χ2n) is 6.80. The Morgan fingerprint density at radius 2 is 1.81 bits per heavy atom. The maximum absolute atomic E-state index is 12.5. The van der Waals surface area contributed by atoms with Gasteiger partial charge in [0.2, 0.25) is 0 Å². The number of hydrazone groups is 1. The van der Waals surface area contributed by atoms with E-state index >= 15 is 0 Å². The molecule has 3 aromatic carbocycles. The summed E-state index contributed by atoms with van der Waals surface area (Å²) in [5.74, 6) is 0.495. The summed E-state index contributed by atoms with van der Waals surface area (Å²) in [5, 5.41) is 7.36. The quantitative estimate of drug-likeness (QED) is 0.251. The summed E-state index contributed by atoms with van der Waals surface area (Å²) in [6.45, 7) is 2.39. The number of carbonyl (C=O) groups is 1. The van der Waals surface area contributed by atoms with Gasteiger partial charge < -0.3 is 10.1 Å². The third-order valence-electron chi connectivity index (χ3n) is 4.50. The van der Waals surface area contributed by atoms with Gasteiger partial charge in [0.25, 0.3) is 5.91 Å². The van der Waals surface area contributed by atoms with E-state index in [-0.39, 0.29) is 5.91 Å². The van der Waals surface area contributed by atoms with Gasteiger partial charge in [0.1, 0.15) is 18.4 Å². The minimum atomic E-state index is -0.393. The minimum Gasteiger partial charge on any atom is -0.488 e. The van der Waals surface area contributed by atoms with Crippen LogP contribution in [0.25, 0.3) is 0 Å². The maximum Gasteiger partial charge on any atom is 0.262 e. The van der Waals surface area contributed by atoms with Crippen LogP contribution < -0.4 is 15.5 Å². The van der Waals surface area contributed by atoms with Crippen LogP contribution in [0.2, 0.25) is 0 Å². The normalized spacial score (nSPS) is 11.8. The lowest BCUT2D eigenvalue weighted by Crippen LogP contribution is -2.36. The molecule has 0 spiro atoms. The topological polar surface area (TPSA) is 62.7 Å². The Morgan fingerprint density at radius 3 is 2.55 bits per heavy atom. The summed E-state index contributed by atoms with van der Waals surface area (Å²) in [4.78, 5) is 12.5. The third kappa shape index (κ3) is 7.22. The molecule has 3 rings (SSSR count). The van der Waals surface area contributed by atoms with Crippen molar-refractivity contribution in [1.29, 1.82) is 0 Å². The molecule has 5 nitrogen and oxygen atoms in total. The van der Waals surface area contributed by atoms with Crippen LogP contribution in [0.4, 0.5) is 5.69 Å². The Bertz CT molecular complexity index is 1040. The highest BCUT2D eigenvalue weighted by Gasteiger charge is 2.15. The van der Waals surface area contributed by atoms with Crippen LogP contribution in [0.15, 0.2) is 86.8 Å². The first-order valence-electron chi connectivity index (χ1n) is 9.86. The van der Waals surface area contributed by atoms with Crippen molar-refractivity contribution in [3.63, 3.8) is 0 Å². The number of benzene rings is 3. The van der Waals surface area contributed by atoms with E-state index in [4.69, 9.17) is 4.74 Å². The van der Waals surface area contributed by atoms with E-state index in [0.29, 0.717) is 18.8 Å². The Kier molecular flexibility index (Phi) is 8.67. The first-order chi connectivity index (χ1) is 15.0. The standard InChI is InChI=1S/C24H23Br2N3O2/c1-2-22(28-21-8-5-7-20(26)14-21)24(30)29-27-15-18-6-3-4-9-23(18)31-16-17-10-12-19(25)13-11-17/h3-15,22,28H,2,16H2,1H3,(H,29,30)/b27-15-/t22-/m1/s1. The van der Waals surface area contributed by atoms with E-state index in [2.05, 4.69) is 47.7 Å². The molecule has 0 aliphatic heterocycles. The summed E-state index contributed by atoms with van der Waals surface area (Å²) in [6, 6.07) is 22.9. The second-order valence-corrected chi connectivity index (χ2v) is 8.63. The van der Waals surface area contributed by atoms with Gasteiger partial charge in [-0.05, 0) is 54.4 Å². The Labute approximate surface area is 199 Å². The van der Waals surface area contributed by atoms with Crippen molar-refractivity contribution < 1.29 is 9.53 Å². The molecule has 0 radical (unpaired) electrons. The van der Waals surface area contributed by atoms with Gasteiger partial charge in [-0.25, -0.2) is 5.43 Å². The van der Waals surface area contributed by atoms with Gasteiger partial charge in [0, 0.05) is 20.2 Å². The fourth-order valence-electron chi connectivity index (χ4n) is 2.84. The van der Waals surface area contributed by atoms with Crippen LogP contribution in [0.5, 0.6) is 5.75 Å². The number of hydrogen-bond donors (Lipinski definition) is 2. The van der Waals surface area contributed by atoms with Crippen molar-refractivity contribution in [1.82, 2.24) is 5.43 Å². The number of rotatable bonds is 9. The summed E-state index contributed by atoms with van der Waals surface area (Å²) < 4.78 is 7.92. The number of nitrogens with one attached hydrogen (secondary N) is 2. The molecular formula is C24H23Br2N3O2. The van der Waals surface area contributed by atoms with Crippen molar-refractivity contribution in [2.24, 2.45) is 5.10 Å². The van der Waals surface area contributed by atoms with Crippen LogP contribution in [-0.4, -0.2) is 18.2 Å². The maximum atomic E-state index is 12.5. The number of carbonyl (C=O) groups excluding carboxylic acids is 1. The SMILES string of the molecule is CC[C@@H](Nc1cccc(Br)c1)C(=O)N/N=C\c1ccccc1OCc1ccc(Br)cc1. The molecule has 0 heterocycles. The molecule has 0 aliphatic carbocycles. The summed E-state index contributed by atoms with van der Waals surface area (Å²) in [7, 11) is 0. The van der Waals surface area contributed by atoms with Gasteiger partial charge in [-0.2, -0.15) is 5.10 Å². The average Bonchev–Trinajstić information content (AvgIpc) is 2.78. The van der Waals surface area contributed by atoms with Crippen molar-refractivity contribution >= 4 is 49.7 Å². The molecule has 160 valence electrons. The first-order valence-corrected chi connectivity index (χ1v) is 11.4. The molecule has 1 amide bonds. The minimum absolute atomic E-state index is 0.202. The molecule has 0 aromatic heterocycles. The van der Waals surface area contributed by atoms with Gasteiger partial charge >= 0.3 is 0 Å².